The first kappa shape index (κ1) is 21.0. The molecule has 0 aliphatic carbocycles. The number of amides is 1. The minimum absolute atomic E-state index is 0.118. The van der Waals surface area contributed by atoms with Gasteiger partial charge < -0.3 is 5.32 Å². The summed E-state index contributed by atoms with van der Waals surface area (Å²) in [5.74, 6) is 0.118. The predicted octanol–water partition coefficient (Wildman–Crippen LogP) is 2.72. The molecule has 5 heteroatoms. The number of nitrogens with one attached hydrogen (secondary N) is 1. The summed E-state index contributed by atoms with van der Waals surface area (Å²) in [7, 11) is 0. The number of rotatable bonds is 8. The van der Waals surface area contributed by atoms with E-state index in [2.05, 4.69) is 74.6 Å². The van der Waals surface area contributed by atoms with Crippen molar-refractivity contribution in [3.63, 3.8) is 0 Å². The molecule has 2 aliphatic rings. The summed E-state index contributed by atoms with van der Waals surface area (Å²) < 4.78 is 0. The number of likely N-dealkylation sites (tertiary alicyclic amines) is 1. The SMILES string of the molecule is O=C(CN1CCN(Cc2ccccc2)CC1)NCc1ccc(CN2CCCC2)cc1. The fourth-order valence-electron chi connectivity index (χ4n) is 4.37. The molecule has 4 rings (SSSR count). The second-order valence-electron chi connectivity index (χ2n) is 8.61. The zero-order valence-corrected chi connectivity index (χ0v) is 17.9. The van der Waals surface area contributed by atoms with Gasteiger partial charge in [-0.15, -0.1) is 0 Å². The van der Waals surface area contributed by atoms with Gasteiger partial charge in [-0.25, -0.2) is 0 Å². The molecule has 0 atom stereocenters. The summed E-state index contributed by atoms with van der Waals surface area (Å²) in [6.45, 7) is 9.51. The summed E-state index contributed by atoms with van der Waals surface area (Å²) in [6.07, 6.45) is 2.65. The molecular formula is C25H34N4O. The number of carbonyl (C=O) groups is 1. The Bertz CT molecular complexity index is 779. The zero-order chi connectivity index (χ0) is 20.6. The van der Waals surface area contributed by atoms with Gasteiger partial charge in [0.05, 0.1) is 6.54 Å². The Balaban J connectivity index is 1.14. The molecule has 5 nitrogen and oxygen atoms in total. The molecule has 2 fully saturated rings. The van der Waals surface area contributed by atoms with E-state index in [1.165, 1.54) is 42.6 Å². The highest BCUT2D eigenvalue weighted by Crippen LogP contribution is 2.13. The van der Waals surface area contributed by atoms with Crippen LogP contribution in [0.4, 0.5) is 0 Å². The van der Waals surface area contributed by atoms with E-state index in [0.29, 0.717) is 13.1 Å². The van der Waals surface area contributed by atoms with Crippen molar-refractivity contribution < 1.29 is 4.79 Å². The van der Waals surface area contributed by atoms with Gasteiger partial charge in [-0.3, -0.25) is 19.5 Å². The quantitative estimate of drug-likeness (QED) is 0.732. The topological polar surface area (TPSA) is 38.8 Å². The predicted molar refractivity (Wildman–Crippen MR) is 121 cm³/mol. The molecule has 2 saturated heterocycles. The lowest BCUT2D eigenvalue weighted by atomic mass is 10.1. The number of hydrogen-bond donors (Lipinski definition) is 1. The Morgan fingerprint density at radius 3 is 1.87 bits per heavy atom. The lowest BCUT2D eigenvalue weighted by Crippen LogP contribution is -2.49. The molecular weight excluding hydrogens is 372 g/mol. The third kappa shape index (κ3) is 6.39. The van der Waals surface area contributed by atoms with E-state index >= 15 is 0 Å². The van der Waals surface area contributed by atoms with Crippen LogP contribution in [0.25, 0.3) is 0 Å². The smallest absolute Gasteiger partial charge is 0.234 e. The molecule has 160 valence electrons. The number of benzene rings is 2. The first-order chi connectivity index (χ1) is 14.7. The van der Waals surface area contributed by atoms with Gasteiger partial charge in [-0.1, -0.05) is 54.6 Å². The highest BCUT2D eigenvalue weighted by molar-refractivity contribution is 5.78. The van der Waals surface area contributed by atoms with E-state index in [0.717, 1.165) is 39.3 Å². The monoisotopic (exact) mass is 406 g/mol. The summed E-state index contributed by atoms with van der Waals surface area (Å²) in [5.41, 5.74) is 3.89. The van der Waals surface area contributed by atoms with Crippen molar-refractivity contribution in [1.82, 2.24) is 20.0 Å². The lowest BCUT2D eigenvalue weighted by Gasteiger charge is -2.34. The fourth-order valence-corrected chi connectivity index (χ4v) is 4.37. The summed E-state index contributed by atoms with van der Waals surface area (Å²) >= 11 is 0. The zero-order valence-electron chi connectivity index (χ0n) is 17.9. The summed E-state index contributed by atoms with van der Waals surface area (Å²) in [4.78, 5) is 19.6. The van der Waals surface area contributed by atoms with Gasteiger partial charge in [0, 0.05) is 45.8 Å². The Morgan fingerprint density at radius 2 is 1.20 bits per heavy atom. The van der Waals surface area contributed by atoms with E-state index in [9.17, 15) is 4.79 Å². The second kappa shape index (κ2) is 10.7. The van der Waals surface area contributed by atoms with Crippen molar-refractivity contribution in [1.29, 1.82) is 0 Å². The standard InChI is InChI=1S/C25H34N4O/c30-25(21-29-16-14-28(15-17-29)19-23-6-2-1-3-7-23)26-18-22-8-10-24(11-9-22)20-27-12-4-5-13-27/h1-3,6-11H,4-5,12-21H2,(H,26,30). The van der Waals surface area contributed by atoms with E-state index in [-0.39, 0.29) is 5.91 Å². The molecule has 0 radical (unpaired) electrons. The van der Waals surface area contributed by atoms with Crippen molar-refractivity contribution in [2.24, 2.45) is 0 Å². The van der Waals surface area contributed by atoms with Gasteiger partial charge in [0.15, 0.2) is 0 Å². The number of carbonyl (C=O) groups excluding carboxylic acids is 1. The minimum atomic E-state index is 0.118. The molecule has 0 saturated carbocycles. The molecule has 2 aromatic rings. The van der Waals surface area contributed by atoms with Gasteiger partial charge in [0.2, 0.25) is 5.91 Å². The Labute approximate surface area is 180 Å². The highest BCUT2D eigenvalue weighted by Gasteiger charge is 2.19. The minimum Gasteiger partial charge on any atom is -0.351 e. The maximum absolute atomic E-state index is 12.4. The first-order valence-corrected chi connectivity index (χ1v) is 11.3. The van der Waals surface area contributed by atoms with Gasteiger partial charge >= 0.3 is 0 Å². The molecule has 0 aromatic heterocycles. The average Bonchev–Trinajstić information content (AvgIpc) is 3.28. The fraction of sp³-hybridized carbons (Fsp3) is 0.480. The molecule has 30 heavy (non-hydrogen) atoms. The van der Waals surface area contributed by atoms with E-state index in [4.69, 9.17) is 0 Å². The van der Waals surface area contributed by atoms with Gasteiger partial charge in [-0.2, -0.15) is 0 Å². The van der Waals surface area contributed by atoms with E-state index in [1.807, 2.05) is 0 Å². The van der Waals surface area contributed by atoms with Crippen molar-refractivity contribution in [2.45, 2.75) is 32.5 Å². The van der Waals surface area contributed by atoms with Crippen LogP contribution in [0.1, 0.15) is 29.5 Å². The summed E-state index contributed by atoms with van der Waals surface area (Å²) in [6, 6.07) is 19.3. The first-order valence-electron chi connectivity index (χ1n) is 11.3. The molecule has 0 spiro atoms. The van der Waals surface area contributed by atoms with Gasteiger partial charge in [-0.05, 0) is 42.6 Å². The molecule has 1 amide bonds. The highest BCUT2D eigenvalue weighted by atomic mass is 16.2. The Hall–Kier alpha value is -2.21. The van der Waals surface area contributed by atoms with Gasteiger partial charge in [0.25, 0.3) is 0 Å². The van der Waals surface area contributed by atoms with Crippen LogP contribution >= 0.6 is 0 Å². The maximum atomic E-state index is 12.4. The van der Waals surface area contributed by atoms with Gasteiger partial charge in [0.1, 0.15) is 0 Å². The van der Waals surface area contributed by atoms with Crippen LogP contribution in [0.5, 0.6) is 0 Å². The van der Waals surface area contributed by atoms with Crippen molar-refractivity contribution in [3.8, 4) is 0 Å². The van der Waals surface area contributed by atoms with E-state index < -0.39 is 0 Å². The number of nitrogens with zero attached hydrogens (tertiary/aromatic N) is 3. The molecule has 1 N–H and O–H groups in total. The van der Waals surface area contributed by atoms with Crippen molar-refractivity contribution in [2.75, 3.05) is 45.8 Å². The third-order valence-electron chi connectivity index (χ3n) is 6.20. The molecule has 2 aromatic carbocycles. The molecule has 0 bridgehead atoms. The van der Waals surface area contributed by atoms with Crippen molar-refractivity contribution >= 4 is 5.91 Å². The molecule has 0 unspecified atom stereocenters. The maximum Gasteiger partial charge on any atom is 0.234 e. The third-order valence-corrected chi connectivity index (χ3v) is 6.20. The average molecular weight is 407 g/mol. The van der Waals surface area contributed by atoms with Crippen LogP contribution in [0.2, 0.25) is 0 Å². The second-order valence-corrected chi connectivity index (χ2v) is 8.61. The summed E-state index contributed by atoms with van der Waals surface area (Å²) in [5, 5.41) is 3.09. The van der Waals surface area contributed by atoms with E-state index in [1.54, 1.807) is 0 Å². The van der Waals surface area contributed by atoms with Crippen LogP contribution in [-0.4, -0.2) is 66.4 Å². The lowest BCUT2D eigenvalue weighted by molar-refractivity contribution is -0.122. The van der Waals surface area contributed by atoms with Crippen LogP contribution in [0.15, 0.2) is 54.6 Å². The van der Waals surface area contributed by atoms with Crippen LogP contribution in [0.3, 0.4) is 0 Å². The largest absolute Gasteiger partial charge is 0.351 e. The van der Waals surface area contributed by atoms with Crippen LogP contribution in [-0.2, 0) is 24.4 Å². The van der Waals surface area contributed by atoms with Crippen LogP contribution < -0.4 is 5.32 Å². The normalized spacial score (nSPS) is 18.5. The Kier molecular flexibility index (Phi) is 7.51. The Morgan fingerprint density at radius 1 is 0.667 bits per heavy atom. The van der Waals surface area contributed by atoms with Crippen LogP contribution in [0, 0.1) is 0 Å². The van der Waals surface area contributed by atoms with Crippen molar-refractivity contribution in [3.05, 3.63) is 71.3 Å². The number of hydrogen-bond acceptors (Lipinski definition) is 4. The number of piperazine rings is 1. The molecule has 2 heterocycles. The molecule has 2 aliphatic heterocycles.